The van der Waals surface area contributed by atoms with Gasteiger partial charge in [0, 0.05) is 43.4 Å². The number of aliphatic carboxylic acids is 1. The van der Waals surface area contributed by atoms with E-state index in [2.05, 4.69) is 31.9 Å². The highest BCUT2D eigenvalue weighted by molar-refractivity contribution is 8.76. The molecule has 11 N–H and O–H groups in total. The smallest absolute Gasteiger partial charge is 0.310 e. The Bertz CT molecular complexity index is 2610. The number of aliphatic hydroxyl groups is 1. The number of nitro groups is 1. The molecule has 2 saturated heterocycles. The quantitative estimate of drug-likeness (QED) is 0.0451. The SMILES string of the molecule is CC(=O)C[C@@H]1NC(=O)[C@@H]2C[C@@H](O)CN2C(=O)CNC(=O)[C@H](Cc2ccc(O)c([N+](=O)[O-])c2)NC(=O)CNC(=O)[C@@H](CC(=O)O)NC(=O)[C@H](N(CCCc2ccccc2)CCCc2ccccc2)CSSC[C@H](C(N)=O)NC1=O. The fraction of sp³-hybridized carbons (Fsp3) is 0.451. The third-order valence-electron chi connectivity index (χ3n) is 12.7. The number of amides is 8. The van der Waals surface area contributed by atoms with Crippen LogP contribution in [0.15, 0.2) is 78.9 Å². The van der Waals surface area contributed by atoms with E-state index in [9.17, 15) is 73.4 Å². The van der Waals surface area contributed by atoms with Crippen LogP contribution in [-0.2, 0) is 67.2 Å². The number of aromatic hydroxyl groups is 1. The summed E-state index contributed by atoms with van der Waals surface area (Å²) in [6, 6.07) is 13.4. The Balaban J connectivity index is 1.49. The van der Waals surface area contributed by atoms with E-state index in [1.807, 2.05) is 65.6 Å². The molecule has 0 unspecified atom stereocenters. The molecule has 8 amide bonds. The minimum atomic E-state index is -1.76. The third kappa shape index (κ3) is 19.4. The van der Waals surface area contributed by atoms with Crippen molar-refractivity contribution in [1.82, 2.24) is 41.7 Å². The number of carbonyl (C=O) groups excluding carboxylic acids is 9. The zero-order valence-corrected chi connectivity index (χ0v) is 44.3. The van der Waals surface area contributed by atoms with Crippen molar-refractivity contribution in [3.8, 4) is 5.75 Å². The van der Waals surface area contributed by atoms with Gasteiger partial charge in [0.15, 0.2) is 5.75 Å². The Morgan fingerprint density at radius 2 is 1.31 bits per heavy atom. The molecular formula is C51H64N10O15S2. The molecule has 2 aliphatic rings. The molecule has 78 heavy (non-hydrogen) atoms. The lowest BCUT2D eigenvalue weighted by atomic mass is 10.0. The molecule has 25 nitrogen and oxygen atoms in total. The van der Waals surface area contributed by atoms with Crippen LogP contribution in [0.1, 0.15) is 55.7 Å². The van der Waals surface area contributed by atoms with E-state index in [1.54, 1.807) is 0 Å². The number of hydrogen-bond donors (Lipinski definition) is 10. The molecule has 0 radical (unpaired) electrons. The van der Waals surface area contributed by atoms with Crippen molar-refractivity contribution in [2.24, 2.45) is 5.73 Å². The average Bonchev–Trinajstić information content (AvgIpc) is 3.81. The first-order chi connectivity index (χ1) is 37.2. The van der Waals surface area contributed by atoms with E-state index in [0.717, 1.165) is 56.7 Å². The molecule has 0 aromatic heterocycles. The largest absolute Gasteiger partial charge is 0.502 e. The van der Waals surface area contributed by atoms with Crippen molar-refractivity contribution in [1.29, 1.82) is 0 Å². The third-order valence-corrected chi connectivity index (χ3v) is 15.1. The lowest BCUT2D eigenvalue weighted by Crippen LogP contribution is -2.58. The highest BCUT2D eigenvalue weighted by Crippen LogP contribution is 2.28. The monoisotopic (exact) mass is 1120 g/mol. The van der Waals surface area contributed by atoms with Crippen LogP contribution in [0.25, 0.3) is 0 Å². The van der Waals surface area contributed by atoms with Gasteiger partial charge in [-0.2, -0.15) is 0 Å². The summed E-state index contributed by atoms with van der Waals surface area (Å²) in [5, 5.41) is 56.7. The normalized spacial score (nSPS) is 22.7. The fourth-order valence-electron chi connectivity index (χ4n) is 8.69. The maximum atomic E-state index is 14.6. The molecule has 2 heterocycles. The number of nitrogens with two attached hydrogens (primary N) is 1. The molecule has 2 fully saturated rings. The number of ketones is 1. The van der Waals surface area contributed by atoms with E-state index < -0.39 is 157 Å². The molecular weight excluding hydrogens is 1060 g/mol. The molecule has 2 aliphatic heterocycles. The highest BCUT2D eigenvalue weighted by Gasteiger charge is 2.41. The highest BCUT2D eigenvalue weighted by atomic mass is 33.1. The van der Waals surface area contributed by atoms with E-state index in [0.29, 0.717) is 38.8 Å². The Hall–Kier alpha value is -7.62. The van der Waals surface area contributed by atoms with Gasteiger partial charge in [-0.05, 0) is 68.5 Å². The summed E-state index contributed by atoms with van der Waals surface area (Å²) in [5.74, 6) is -10.8. The van der Waals surface area contributed by atoms with Crippen molar-refractivity contribution in [2.75, 3.05) is 44.2 Å². The number of fused-ring (bicyclic) bond motifs is 1. The van der Waals surface area contributed by atoms with Gasteiger partial charge >= 0.3 is 11.7 Å². The van der Waals surface area contributed by atoms with E-state index in [4.69, 9.17) is 5.73 Å². The van der Waals surface area contributed by atoms with Crippen LogP contribution in [0.4, 0.5) is 5.69 Å². The summed E-state index contributed by atoms with van der Waals surface area (Å²) in [4.78, 5) is 148. The van der Waals surface area contributed by atoms with Gasteiger partial charge in [-0.3, -0.25) is 63.0 Å². The Morgan fingerprint density at radius 1 is 0.731 bits per heavy atom. The summed E-state index contributed by atoms with van der Waals surface area (Å²) in [6.45, 7) is -0.297. The van der Waals surface area contributed by atoms with E-state index >= 15 is 0 Å². The van der Waals surface area contributed by atoms with Crippen molar-refractivity contribution in [2.45, 2.75) is 101 Å². The molecule has 3 aromatic rings. The summed E-state index contributed by atoms with van der Waals surface area (Å²) < 4.78 is 0. The first-order valence-corrected chi connectivity index (χ1v) is 27.4. The number of benzene rings is 3. The summed E-state index contributed by atoms with van der Waals surface area (Å²) >= 11 is 0. The molecule has 5 rings (SSSR count). The number of aliphatic hydroxyl groups excluding tert-OH is 1. The number of phenols is 1. The van der Waals surface area contributed by atoms with Gasteiger partial charge in [0.25, 0.3) is 0 Å². The topological polar surface area (TPSA) is 379 Å². The number of phenolic OH excluding ortho intramolecular Hbond substituents is 1. The van der Waals surface area contributed by atoms with Gasteiger partial charge in [-0.1, -0.05) is 88.3 Å². The van der Waals surface area contributed by atoms with Crippen LogP contribution in [-0.4, -0.2) is 176 Å². The number of carboxylic acids is 1. The summed E-state index contributed by atoms with van der Waals surface area (Å²) in [7, 11) is 2.14. The van der Waals surface area contributed by atoms with Crippen molar-refractivity contribution < 1.29 is 68.2 Å². The van der Waals surface area contributed by atoms with Crippen molar-refractivity contribution in [3.63, 3.8) is 0 Å². The van der Waals surface area contributed by atoms with Gasteiger partial charge in [0.1, 0.15) is 36.0 Å². The second kappa shape index (κ2) is 30.4. The molecule has 0 saturated carbocycles. The van der Waals surface area contributed by atoms with Gasteiger partial charge in [-0.25, -0.2) is 0 Å². The Kier molecular flexibility index (Phi) is 23.8. The standard InChI is InChI=1S/C51H64N10O15S2/c1-30(62)20-35-49(72)58-38(46(52)69)28-77-78-29-41(59(18-8-14-31-10-4-2-5-11-31)19-9-15-32-12-6-3-7-13-32)51(74)57-37(24-45(67)68)48(71)53-25-43(65)55-36(21-33-16-17-42(64)39(22-33)61(75)76)47(70)54-26-44(66)60-27-34(63)23-40(60)50(73)56-35/h2-7,10-13,16-17,22,34-38,40-41,63-64H,8-9,14-15,18-21,23-29H2,1H3,(H2,52,69)(H,53,71)(H,54,70)(H,55,65)(H,56,73)(H,57,74)(H,58,72)(H,67,68)/t34-,35+,36+,37-,38-,40+,41-/m1/s1. The summed E-state index contributed by atoms with van der Waals surface area (Å²) in [5.41, 5.74) is 7.12. The van der Waals surface area contributed by atoms with Crippen LogP contribution in [0.2, 0.25) is 0 Å². The van der Waals surface area contributed by atoms with E-state index in [1.165, 1.54) is 6.07 Å². The predicted molar refractivity (Wildman–Crippen MR) is 285 cm³/mol. The Labute approximate surface area is 456 Å². The molecule has 27 heteroatoms. The molecule has 0 aliphatic carbocycles. The number of primary amides is 1. The predicted octanol–water partition coefficient (Wildman–Crippen LogP) is -0.753. The maximum Gasteiger partial charge on any atom is 0.310 e. The number of carbonyl (C=O) groups is 10. The minimum absolute atomic E-state index is 0.0322. The molecule has 420 valence electrons. The number of Topliss-reactive ketones (excluding diaryl/α,β-unsaturated/α-hetero) is 1. The number of nitrogens with zero attached hydrogens (tertiary/aromatic N) is 3. The van der Waals surface area contributed by atoms with E-state index in [-0.39, 0.29) is 23.5 Å². The first-order valence-electron chi connectivity index (χ1n) is 25.0. The number of aryl methyl sites for hydroxylation is 2. The average molecular weight is 1120 g/mol. The fourth-order valence-corrected chi connectivity index (χ4v) is 11.1. The number of nitrogens with one attached hydrogen (secondary N) is 6. The Morgan fingerprint density at radius 3 is 1.90 bits per heavy atom. The van der Waals surface area contributed by atoms with Gasteiger partial charge in [0.05, 0.1) is 36.6 Å². The maximum absolute atomic E-state index is 14.6. The van der Waals surface area contributed by atoms with Crippen LogP contribution in [0.5, 0.6) is 5.75 Å². The van der Waals surface area contributed by atoms with Crippen molar-refractivity contribution in [3.05, 3.63) is 106 Å². The second-order valence-electron chi connectivity index (χ2n) is 18.7. The van der Waals surface area contributed by atoms with Gasteiger partial charge < -0.3 is 57.9 Å². The van der Waals surface area contributed by atoms with Crippen LogP contribution >= 0.6 is 21.6 Å². The number of rotatable bonds is 17. The van der Waals surface area contributed by atoms with Crippen LogP contribution in [0.3, 0.4) is 0 Å². The van der Waals surface area contributed by atoms with Gasteiger partial charge in [0.2, 0.25) is 47.3 Å². The number of nitro benzene ring substituents is 1. The van der Waals surface area contributed by atoms with Crippen molar-refractivity contribution >= 4 is 86.3 Å². The number of carboxylic acid groups (broad SMARTS) is 1. The lowest BCUT2D eigenvalue weighted by Gasteiger charge is -2.32. The molecule has 3 aromatic carbocycles. The van der Waals surface area contributed by atoms with Crippen LogP contribution in [0, 0.1) is 10.1 Å². The molecule has 0 spiro atoms. The molecule has 0 bridgehead atoms. The zero-order chi connectivity index (χ0) is 56.9. The zero-order valence-electron chi connectivity index (χ0n) is 42.6. The van der Waals surface area contributed by atoms with Gasteiger partial charge in [-0.15, -0.1) is 0 Å². The second-order valence-corrected chi connectivity index (χ2v) is 21.2. The first kappa shape index (κ1) is 61.2. The minimum Gasteiger partial charge on any atom is -0.502 e. The summed E-state index contributed by atoms with van der Waals surface area (Å²) in [6.07, 6.45) is -1.20. The van der Waals surface area contributed by atoms with Crippen LogP contribution < -0.4 is 37.6 Å². The number of hydrogen-bond acceptors (Lipinski definition) is 17. The molecule has 7 atom stereocenters. The lowest BCUT2D eigenvalue weighted by molar-refractivity contribution is -0.385.